The van der Waals surface area contributed by atoms with E-state index in [4.69, 9.17) is 9.47 Å². The van der Waals surface area contributed by atoms with Gasteiger partial charge in [0, 0.05) is 19.4 Å². The zero-order valence-electron chi connectivity index (χ0n) is 10.5. The summed E-state index contributed by atoms with van der Waals surface area (Å²) in [5.74, 6) is -0.319. The Morgan fingerprint density at radius 2 is 2.12 bits per heavy atom. The molecule has 1 atom stereocenters. The molecule has 0 aromatic rings. The van der Waals surface area contributed by atoms with E-state index in [0.29, 0.717) is 6.61 Å². The van der Waals surface area contributed by atoms with Crippen molar-refractivity contribution >= 4 is 14.8 Å². The van der Waals surface area contributed by atoms with Crippen LogP contribution in [-0.4, -0.2) is 34.7 Å². The Bertz CT molecular complexity index is 195. The number of rotatable bonds is 10. The van der Waals surface area contributed by atoms with Gasteiger partial charge in [0.05, 0.1) is 15.4 Å². The molecule has 3 nitrogen and oxygen atoms in total. The molecule has 0 heterocycles. The van der Waals surface area contributed by atoms with Crippen LogP contribution in [-0.2, 0) is 14.3 Å². The molecule has 0 aromatic heterocycles. The van der Waals surface area contributed by atoms with Crippen LogP contribution >= 0.6 is 0 Å². The number of esters is 1. The first-order valence-electron chi connectivity index (χ1n) is 6.02. The summed E-state index contributed by atoms with van der Waals surface area (Å²) in [5.41, 5.74) is 0. The molecule has 0 aromatic carbocycles. The van der Waals surface area contributed by atoms with Gasteiger partial charge < -0.3 is 9.47 Å². The van der Waals surface area contributed by atoms with E-state index < -0.39 is 8.80 Å². The number of hydrogen-bond donors (Lipinski definition) is 0. The molecule has 0 aliphatic rings. The lowest BCUT2D eigenvalue weighted by Gasteiger charge is -2.11. The highest BCUT2D eigenvalue weighted by molar-refractivity contribution is 6.58. The number of methoxy groups -OCH3 is 1. The topological polar surface area (TPSA) is 35.5 Å². The van der Waals surface area contributed by atoms with Crippen LogP contribution in [0, 0.1) is 0 Å². The van der Waals surface area contributed by atoms with Crippen molar-refractivity contribution in [3.63, 3.8) is 0 Å². The van der Waals surface area contributed by atoms with E-state index >= 15 is 0 Å². The molecule has 0 spiro atoms. The Morgan fingerprint density at radius 1 is 1.38 bits per heavy atom. The maximum absolute atomic E-state index is 10.7. The highest BCUT2D eigenvalue weighted by atomic mass is 28.3. The fourth-order valence-electron chi connectivity index (χ4n) is 1.58. The van der Waals surface area contributed by atoms with Gasteiger partial charge >= 0.3 is 5.97 Å². The third-order valence-electron chi connectivity index (χ3n) is 2.65. The van der Waals surface area contributed by atoms with Gasteiger partial charge in [0.1, 0.15) is 0 Å². The van der Waals surface area contributed by atoms with Gasteiger partial charge in [-0.15, -0.1) is 0 Å². The third-order valence-corrected chi connectivity index (χ3v) is 5.83. The van der Waals surface area contributed by atoms with E-state index in [0.717, 1.165) is 19.1 Å². The van der Waals surface area contributed by atoms with Crippen molar-refractivity contribution in [2.45, 2.75) is 38.3 Å². The Balaban J connectivity index is 3.31. The molecule has 0 saturated heterocycles. The summed E-state index contributed by atoms with van der Waals surface area (Å²) >= 11 is 0. The average molecular weight is 244 g/mol. The van der Waals surface area contributed by atoms with Gasteiger partial charge in [-0.3, -0.25) is 0 Å². The summed E-state index contributed by atoms with van der Waals surface area (Å²) in [4.78, 5) is 10.7. The van der Waals surface area contributed by atoms with Crippen LogP contribution in [0.25, 0.3) is 0 Å². The molecule has 94 valence electrons. The van der Waals surface area contributed by atoms with Crippen molar-refractivity contribution in [1.29, 1.82) is 0 Å². The molecule has 0 amide bonds. The molecule has 0 aliphatic carbocycles. The summed E-state index contributed by atoms with van der Waals surface area (Å²) in [7, 11) is 1.15. The van der Waals surface area contributed by atoms with E-state index in [2.05, 4.69) is 13.5 Å². The second-order valence-corrected chi connectivity index (χ2v) is 7.41. The van der Waals surface area contributed by atoms with Gasteiger partial charge in [-0.05, 0) is 6.42 Å². The number of unbranched alkanes of at least 4 members (excludes halogenated alkanes) is 2. The largest absolute Gasteiger partial charge is 0.463 e. The van der Waals surface area contributed by atoms with Crippen LogP contribution in [0.3, 0.4) is 0 Å². The van der Waals surface area contributed by atoms with Gasteiger partial charge in [0.25, 0.3) is 0 Å². The molecule has 0 rings (SSSR count). The van der Waals surface area contributed by atoms with Crippen LogP contribution in [0.1, 0.15) is 26.2 Å². The monoisotopic (exact) mass is 244 g/mol. The van der Waals surface area contributed by atoms with E-state index in [1.807, 2.05) is 0 Å². The highest BCUT2D eigenvalue weighted by Gasteiger charge is 2.07. The normalized spacial score (nSPS) is 12.1. The summed E-state index contributed by atoms with van der Waals surface area (Å²) in [5, 5.41) is 0. The van der Waals surface area contributed by atoms with Crippen LogP contribution in [0.2, 0.25) is 12.1 Å². The lowest BCUT2D eigenvalue weighted by atomic mass is 10.3. The van der Waals surface area contributed by atoms with E-state index in [9.17, 15) is 4.79 Å². The quantitative estimate of drug-likeness (QED) is 0.256. The smallest absolute Gasteiger partial charge is 0.330 e. The summed E-state index contributed by atoms with van der Waals surface area (Å²) in [6.07, 6.45) is 5.52. The molecular weight excluding hydrogens is 220 g/mol. The van der Waals surface area contributed by atoms with E-state index in [1.165, 1.54) is 24.6 Å². The summed E-state index contributed by atoms with van der Waals surface area (Å²) in [6.45, 7) is 6.12. The minimum Gasteiger partial charge on any atom is -0.463 e. The fraction of sp³-hybridized carbons (Fsp3) is 0.750. The van der Waals surface area contributed by atoms with E-state index in [1.54, 1.807) is 7.11 Å². The first-order valence-corrected chi connectivity index (χ1v) is 8.47. The predicted octanol–water partition coefficient (Wildman–Crippen LogP) is 2.32. The fourth-order valence-corrected chi connectivity index (χ4v) is 3.73. The Morgan fingerprint density at radius 3 is 2.69 bits per heavy atom. The van der Waals surface area contributed by atoms with Gasteiger partial charge in [0.2, 0.25) is 0 Å². The van der Waals surface area contributed by atoms with Crippen molar-refractivity contribution in [3.05, 3.63) is 12.7 Å². The third kappa shape index (κ3) is 8.68. The number of ether oxygens (including phenoxy) is 2. The molecule has 4 heteroatoms. The first-order chi connectivity index (χ1) is 7.74. The average Bonchev–Trinajstić information content (AvgIpc) is 2.31. The van der Waals surface area contributed by atoms with Crippen LogP contribution in [0.5, 0.6) is 0 Å². The van der Waals surface area contributed by atoms with Gasteiger partial charge in [-0.2, -0.15) is 0 Å². The standard InChI is InChI=1S/C12H24O3Si/c1-4-12(13)15-9-7-6-8-10-16(5-2)11-14-3/h4,16H,1,5-11H2,2-3H3. The molecule has 16 heavy (non-hydrogen) atoms. The molecule has 0 bridgehead atoms. The predicted molar refractivity (Wildman–Crippen MR) is 69.3 cm³/mol. The van der Waals surface area contributed by atoms with Crippen molar-refractivity contribution in [1.82, 2.24) is 0 Å². The van der Waals surface area contributed by atoms with Crippen LogP contribution < -0.4 is 0 Å². The molecule has 0 saturated carbocycles. The van der Waals surface area contributed by atoms with E-state index in [-0.39, 0.29) is 5.97 Å². The van der Waals surface area contributed by atoms with Crippen molar-refractivity contribution < 1.29 is 14.3 Å². The molecule has 1 unspecified atom stereocenters. The van der Waals surface area contributed by atoms with Gasteiger partial charge in [0.15, 0.2) is 0 Å². The van der Waals surface area contributed by atoms with Crippen molar-refractivity contribution in [2.24, 2.45) is 0 Å². The Labute approximate surface area is 100 Å². The molecule has 0 N–H and O–H groups in total. The van der Waals surface area contributed by atoms with Crippen LogP contribution in [0.15, 0.2) is 12.7 Å². The number of carbonyl (C=O) groups is 1. The Kier molecular flexibility index (Phi) is 10.5. The maximum atomic E-state index is 10.7. The summed E-state index contributed by atoms with van der Waals surface area (Å²) < 4.78 is 10.1. The molecule has 0 aliphatic heterocycles. The Hall–Kier alpha value is -0.613. The molecule has 0 fully saturated rings. The second kappa shape index (κ2) is 10.9. The highest BCUT2D eigenvalue weighted by Crippen LogP contribution is 2.08. The zero-order valence-corrected chi connectivity index (χ0v) is 11.7. The van der Waals surface area contributed by atoms with Gasteiger partial charge in [-0.1, -0.05) is 38.4 Å². The van der Waals surface area contributed by atoms with Crippen LogP contribution in [0.4, 0.5) is 0 Å². The molecule has 0 radical (unpaired) electrons. The number of carbonyl (C=O) groups excluding carboxylic acids is 1. The minimum absolute atomic E-state index is 0.319. The lowest BCUT2D eigenvalue weighted by Crippen LogP contribution is -2.18. The summed E-state index contributed by atoms with van der Waals surface area (Å²) in [6, 6.07) is 2.64. The zero-order chi connectivity index (χ0) is 12.2. The molecular formula is C12H24O3Si. The first kappa shape index (κ1) is 15.4. The second-order valence-electron chi connectivity index (χ2n) is 3.95. The lowest BCUT2D eigenvalue weighted by molar-refractivity contribution is -0.137. The number of hydrogen-bond acceptors (Lipinski definition) is 3. The SMILES string of the molecule is C=CC(=O)OCCCCC[SiH](CC)COC. The maximum Gasteiger partial charge on any atom is 0.330 e. The van der Waals surface area contributed by atoms with Crippen molar-refractivity contribution in [2.75, 3.05) is 19.9 Å². The van der Waals surface area contributed by atoms with Gasteiger partial charge in [-0.25, -0.2) is 4.79 Å². The minimum atomic E-state index is -0.636. The van der Waals surface area contributed by atoms with Crippen molar-refractivity contribution in [3.8, 4) is 0 Å².